The van der Waals surface area contributed by atoms with Crippen LogP contribution >= 0.6 is 0 Å². The van der Waals surface area contributed by atoms with Crippen LogP contribution < -0.4 is 10.6 Å². The molecule has 0 saturated heterocycles. The molecule has 0 aliphatic carbocycles. The average Bonchev–Trinajstić information content (AvgIpc) is 2.96. The molecule has 0 unspecified atom stereocenters. The number of imidazole rings is 1. The molecule has 2 aromatic heterocycles. The number of hydrogen-bond donors (Lipinski definition) is 2. The van der Waals surface area contributed by atoms with Gasteiger partial charge in [0.05, 0.1) is 18.0 Å². The highest BCUT2D eigenvalue weighted by molar-refractivity contribution is 5.86. The fourth-order valence-corrected chi connectivity index (χ4v) is 3.04. The molecule has 7 nitrogen and oxygen atoms in total. The number of aromatic nitrogens is 2. The second-order valence-electron chi connectivity index (χ2n) is 6.61. The highest BCUT2D eigenvalue weighted by Gasteiger charge is 2.12. The second kappa shape index (κ2) is 8.75. The van der Waals surface area contributed by atoms with Crippen LogP contribution in [0.25, 0.3) is 5.65 Å². The zero-order valence-corrected chi connectivity index (χ0v) is 16.7. The first-order valence-electron chi connectivity index (χ1n) is 9.20. The van der Waals surface area contributed by atoms with Gasteiger partial charge in [-0.1, -0.05) is 12.1 Å². The topological polar surface area (TPSA) is 76.9 Å². The SMILES string of the molecule is COCCOC(=O)Nc1cccc(C)c1CNc1cccn2c(C)c(C)nc12. The Morgan fingerprint density at radius 1 is 1.11 bits per heavy atom. The molecular formula is C21H26N4O3. The van der Waals surface area contributed by atoms with Crippen molar-refractivity contribution in [3.05, 3.63) is 59.0 Å². The van der Waals surface area contributed by atoms with Gasteiger partial charge in [0.1, 0.15) is 6.61 Å². The lowest BCUT2D eigenvalue weighted by molar-refractivity contribution is 0.107. The van der Waals surface area contributed by atoms with E-state index < -0.39 is 6.09 Å². The molecule has 3 rings (SSSR count). The molecule has 0 radical (unpaired) electrons. The largest absolute Gasteiger partial charge is 0.447 e. The predicted molar refractivity (Wildman–Crippen MR) is 110 cm³/mol. The summed E-state index contributed by atoms with van der Waals surface area (Å²) in [6.07, 6.45) is 1.51. The fourth-order valence-electron chi connectivity index (χ4n) is 3.04. The third-order valence-electron chi connectivity index (χ3n) is 4.75. The third-order valence-corrected chi connectivity index (χ3v) is 4.75. The van der Waals surface area contributed by atoms with E-state index in [4.69, 9.17) is 9.47 Å². The Balaban J connectivity index is 1.78. The Labute approximate surface area is 164 Å². The number of carbonyl (C=O) groups is 1. The summed E-state index contributed by atoms with van der Waals surface area (Å²) < 4.78 is 12.1. The van der Waals surface area contributed by atoms with Crippen LogP contribution in [0.5, 0.6) is 0 Å². The quantitative estimate of drug-likeness (QED) is 0.603. The van der Waals surface area contributed by atoms with Crippen LogP contribution in [-0.4, -0.2) is 35.8 Å². The monoisotopic (exact) mass is 382 g/mol. The summed E-state index contributed by atoms with van der Waals surface area (Å²) in [6.45, 7) is 7.20. The number of fused-ring (bicyclic) bond motifs is 1. The van der Waals surface area contributed by atoms with Crippen LogP contribution in [0.15, 0.2) is 36.5 Å². The van der Waals surface area contributed by atoms with Gasteiger partial charge in [-0.2, -0.15) is 0 Å². The smallest absolute Gasteiger partial charge is 0.411 e. The van der Waals surface area contributed by atoms with Crippen LogP contribution in [0.4, 0.5) is 16.2 Å². The zero-order chi connectivity index (χ0) is 20.1. The number of aryl methyl sites for hydroxylation is 3. The Morgan fingerprint density at radius 2 is 1.89 bits per heavy atom. The van der Waals surface area contributed by atoms with Gasteiger partial charge < -0.3 is 19.2 Å². The minimum absolute atomic E-state index is 0.211. The molecule has 0 aliphatic heterocycles. The molecule has 0 saturated carbocycles. The van der Waals surface area contributed by atoms with Crippen molar-refractivity contribution in [1.82, 2.24) is 9.38 Å². The van der Waals surface area contributed by atoms with Gasteiger partial charge in [-0.3, -0.25) is 5.32 Å². The van der Waals surface area contributed by atoms with Crippen LogP contribution in [0.2, 0.25) is 0 Å². The van der Waals surface area contributed by atoms with Crippen LogP contribution in [0, 0.1) is 20.8 Å². The number of carbonyl (C=O) groups excluding carboxylic acids is 1. The van der Waals surface area contributed by atoms with E-state index in [9.17, 15) is 4.79 Å². The maximum Gasteiger partial charge on any atom is 0.411 e. The maximum absolute atomic E-state index is 12.0. The molecule has 148 valence electrons. The number of amides is 1. The minimum Gasteiger partial charge on any atom is -0.447 e. The van der Waals surface area contributed by atoms with Gasteiger partial charge in [-0.25, -0.2) is 9.78 Å². The van der Waals surface area contributed by atoms with Crippen molar-refractivity contribution in [3.8, 4) is 0 Å². The second-order valence-corrected chi connectivity index (χ2v) is 6.61. The number of anilines is 2. The maximum atomic E-state index is 12.0. The Kier molecular flexibility index (Phi) is 6.16. The summed E-state index contributed by atoms with van der Waals surface area (Å²) in [5, 5.41) is 6.28. The normalized spacial score (nSPS) is 10.9. The number of pyridine rings is 1. The molecule has 1 aromatic carbocycles. The molecule has 2 N–H and O–H groups in total. The van der Waals surface area contributed by atoms with Crippen molar-refractivity contribution >= 4 is 23.1 Å². The van der Waals surface area contributed by atoms with Gasteiger partial charge in [0.15, 0.2) is 5.65 Å². The summed E-state index contributed by atoms with van der Waals surface area (Å²) >= 11 is 0. The average molecular weight is 382 g/mol. The number of nitrogens with one attached hydrogen (secondary N) is 2. The molecule has 3 aromatic rings. The summed E-state index contributed by atoms with van der Waals surface area (Å²) in [5.41, 5.74) is 6.74. The lowest BCUT2D eigenvalue weighted by Gasteiger charge is -2.15. The van der Waals surface area contributed by atoms with Gasteiger partial charge >= 0.3 is 6.09 Å². The Hall–Kier alpha value is -3.06. The highest BCUT2D eigenvalue weighted by atomic mass is 16.6. The molecular weight excluding hydrogens is 356 g/mol. The van der Waals surface area contributed by atoms with Crippen molar-refractivity contribution in [3.63, 3.8) is 0 Å². The van der Waals surface area contributed by atoms with Crippen LogP contribution in [0.1, 0.15) is 22.5 Å². The van der Waals surface area contributed by atoms with E-state index in [1.165, 1.54) is 0 Å². The number of nitrogens with zero attached hydrogens (tertiary/aromatic N) is 2. The number of methoxy groups -OCH3 is 1. The minimum atomic E-state index is -0.495. The van der Waals surface area contributed by atoms with E-state index in [2.05, 4.69) is 26.9 Å². The van der Waals surface area contributed by atoms with Crippen molar-refractivity contribution < 1.29 is 14.3 Å². The fraction of sp³-hybridized carbons (Fsp3) is 0.333. The number of ether oxygens (including phenoxy) is 2. The van der Waals surface area contributed by atoms with Gasteiger partial charge in [-0.15, -0.1) is 0 Å². The molecule has 7 heteroatoms. The first-order valence-corrected chi connectivity index (χ1v) is 9.20. The zero-order valence-electron chi connectivity index (χ0n) is 16.7. The predicted octanol–water partition coefficient (Wildman–Crippen LogP) is 4.07. The van der Waals surface area contributed by atoms with Gasteiger partial charge in [-0.05, 0) is 50.1 Å². The first-order chi connectivity index (χ1) is 13.5. The number of rotatable bonds is 7. The van der Waals surface area contributed by atoms with Crippen molar-refractivity contribution in [1.29, 1.82) is 0 Å². The number of benzene rings is 1. The molecule has 0 aliphatic rings. The lowest BCUT2D eigenvalue weighted by Crippen LogP contribution is -2.18. The lowest BCUT2D eigenvalue weighted by atomic mass is 10.1. The molecule has 28 heavy (non-hydrogen) atoms. The summed E-state index contributed by atoms with van der Waals surface area (Å²) in [6, 6.07) is 9.79. The van der Waals surface area contributed by atoms with Crippen LogP contribution in [-0.2, 0) is 16.0 Å². The van der Waals surface area contributed by atoms with Crippen molar-refractivity contribution in [2.24, 2.45) is 0 Å². The van der Waals surface area contributed by atoms with E-state index in [0.717, 1.165) is 39.5 Å². The number of hydrogen-bond acceptors (Lipinski definition) is 5. The summed E-state index contributed by atoms with van der Waals surface area (Å²) in [4.78, 5) is 16.7. The molecule has 0 bridgehead atoms. The van der Waals surface area contributed by atoms with Gasteiger partial charge in [0, 0.05) is 31.2 Å². The van der Waals surface area contributed by atoms with Crippen LogP contribution in [0.3, 0.4) is 0 Å². The third kappa shape index (κ3) is 4.26. The van der Waals surface area contributed by atoms with E-state index in [1.54, 1.807) is 7.11 Å². The van der Waals surface area contributed by atoms with E-state index in [1.807, 2.05) is 50.4 Å². The van der Waals surface area contributed by atoms with Crippen molar-refractivity contribution in [2.75, 3.05) is 31.0 Å². The van der Waals surface area contributed by atoms with Gasteiger partial charge in [0.25, 0.3) is 0 Å². The summed E-state index contributed by atoms with van der Waals surface area (Å²) in [5.74, 6) is 0. The van der Waals surface area contributed by atoms with E-state index >= 15 is 0 Å². The van der Waals surface area contributed by atoms with Gasteiger partial charge in [0.2, 0.25) is 0 Å². The standard InChI is InChI=1S/C21H26N4O3/c1-14-7-5-8-18(24-21(26)28-12-11-27-4)17(14)13-22-19-9-6-10-25-16(3)15(2)23-20(19)25/h5-10,22H,11-13H2,1-4H3,(H,24,26). The molecule has 0 fully saturated rings. The molecule has 2 heterocycles. The molecule has 0 spiro atoms. The summed E-state index contributed by atoms with van der Waals surface area (Å²) in [7, 11) is 1.56. The molecule has 0 atom stereocenters. The highest BCUT2D eigenvalue weighted by Crippen LogP contribution is 2.24. The van der Waals surface area contributed by atoms with E-state index in [0.29, 0.717) is 13.2 Å². The van der Waals surface area contributed by atoms with Crippen molar-refractivity contribution in [2.45, 2.75) is 27.3 Å². The Bertz CT molecular complexity index is 981. The Morgan fingerprint density at radius 3 is 2.68 bits per heavy atom. The molecule has 1 amide bonds. The first kappa shape index (κ1) is 19.7. The van der Waals surface area contributed by atoms with E-state index in [-0.39, 0.29) is 6.61 Å².